The van der Waals surface area contributed by atoms with Crippen molar-refractivity contribution in [2.24, 2.45) is 0 Å². The summed E-state index contributed by atoms with van der Waals surface area (Å²) in [5.41, 5.74) is -0.200. The predicted octanol–water partition coefficient (Wildman–Crippen LogP) is 6.85. The lowest BCUT2D eigenvalue weighted by atomic mass is 10.1. The summed E-state index contributed by atoms with van der Waals surface area (Å²) in [6, 6.07) is 8.82. The average Bonchev–Trinajstić information content (AvgIpc) is 3.25. The molecule has 0 saturated carbocycles. The molecule has 0 radical (unpaired) electrons. The van der Waals surface area contributed by atoms with Crippen molar-refractivity contribution in [3.8, 4) is 11.1 Å². The number of aromatic nitrogens is 2. The number of rotatable bonds is 7. The Morgan fingerprint density at radius 1 is 1.22 bits per heavy atom. The number of carbonyl (C=O) groups is 1. The minimum absolute atomic E-state index is 0.0635. The number of anilines is 1. The molecule has 5 nitrogen and oxygen atoms in total. The lowest BCUT2D eigenvalue weighted by Crippen LogP contribution is -2.23. The second-order valence-electron chi connectivity index (χ2n) is 7.46. The van der Waals surface area contributed by atoms with Gasteiger partial charge in [0.1, 0.15) is 10.6 Å². The number of allylic oxidation sites excluding steroid dienone is 1. The molecule has 186 valence electrons. The Kier molecular flexibility index (Phi) is 7.53. The van der Waals surface area contributed by atoms with Crippen LogP contribution in [0.2, 0.25) is 5.02 Å². The van der Waals surface area contributed by atoms with Crippen molar-refractivity contribution in [2.45, 2.75) is 17.9 Å². The van der Waals surface area contributed by atoms with Gasteiger partial charge in [-0.15, -0.1) is 17.9 Å². The summed E-state index contributed by atoms with van der Waals surface area (Å²) >= 11 is 7.81. The predicted molar refractivity (Wildman–Crippen MR) is 135 cm³/mol. The van der Waals surface area contributed by atoms with Gasteiger partial charge in [0, 0.05) is 23.2 Å². The van der Waals surface area contributed by atoms with E-state index in [2.05, 4.69) is 16.9 Å². The van der Waals surface area contributed by atoms with Crippen molar-refractivity contribution in [3.63, 3.8) is 0 Å². The summed E-state index contributed by atoms with van der Waals surface area (Å²) in [5, 5.41) is 4.30. The lowest BCUT2D eigenvalue weighted by molar-refractivity contribution is -0.137. The first-order valence-corrected chi connectivity index (χ1v) is 12.5. The van der Waals surface area contributed by atoms with E-state index in [0.717, 1.165) is 23.9 Å². The van der Waals surface area contributed by atoms with Gasteiger partial charge in [0.25, 0.3) is 5.56 Å². The fraction of sp³-hybridized carbons (Fsp3) is 0.125. The fourth-order valence-corrected chi connectivity index (χ4v) is 5.42. The number of amides is 1. The molecule has 0 saturated heterocycles. The number of benzene rings is 2. The molecule has 2 heterocycles. The van der Waals surface area contributed by atoms with Crippen LogP contribution in [0.1, 0.15) is 5.56 Å². The molecular formula is C24H16ClF4N3O2S2. The highest BCUT2D eigenvalue weighted by Crippen LogP contribution is 2.36. The third kappa shape index (κ3) is 5.48. The first kappa shape index (κ1) is 25.9. The highest BCUT2D eigenvalue weighted by atomic mass is 35.5. The number of thiophene rings is 1. The Balaban J connectivity index is 1.59. The highest BCUT2D eigenvalue weighted by molar-refractivity contribution is 7.99. The molecule has 12 heteroatoms. The molecule has 0 aliphatic heterocycles. The monoisotopic (exact) mass is 553 g/mol. The molecule has 1 N–H and O–H groups in total. The Bertz CT molecular complexity index is 1520. The van der Waals surface area contributed by atoms with E-state index in [1.165, 1.54) is 40.2 Å². The van der Waals surface area contributed by atoms with Crippen molar-refractivity contribution in [2.75, 3.05) is 11.1 Å². The van der Waals surface area contributed by atoms with Gasteiger partial charge < -0.3 is 5.32 Å². The van der Waals surface area contributed by atoms with Gasteiger partial charge >= 0.3 is 6.18 Å². The zero-order chi connectivity index (χ0) is 26.0. The van der Waals surface area contributed by atoms with E-state index in [4.69, 9.17) is 11.6 Å². The van der Waals surface area contributed by atoms with Gasteiger partial charge in [-0.05, 0) is 35.9 Å². The first-order valence-electron chi connectivity index (χ1n) is 10.3. The maximum atomic E-state index is 13.3. The molecule has 1 amide bonds. The molecule has 2 aromatic carbocycles. The van der Waals surface area contributed by atoms with Crippen molar-refractivity contribution in [3.05, 3.63) is 87.3 Å². The number of hydrogen-bond donors (Lipinski definition) is 1. The Morgan fingerprint density at radius 2 is 1.94 bits per heavy atom. The fourth-order valence-electron chi connectivity index (χ4n) is 3.40. The molecule has 0 fully saturated rings. The number of carbonyl (C=O) groups excluding carboxylic acids is 1. The van der Waals surface area contributed by atoms with Crippen molar-refractivity contribution < 1.29 is 22.4 Å². The van der Waals surface area contributed by atoms with Gasteiger partial charge in [0.15, 0.2) is 5.16 Å². The number of nitrogens with zero attached hydrogens (tertiary/aromatic N) is 2. The van der Waals surface area contributed by atoms with Crippen LogP contribution in [0, 0.1) is 5.82 Å². The van der Waals surface area contributed by atoms with Crippen LogP contribution >= 0.6 is 34.7 Å². The van der Waals surface area contributed by atoms with Crippen LogP contribution in [0.25, 0.3) is 21.3 Å². The summed E-state index contributed by atoms with van der Waals surface area (Å²) in [4.78, 5) is 30.8. The summed E-state index contributed by atoms with van der Waals surface area (Å²) in [6.07, 6.45) is -3.16. The third-order valence-electron chi connectivity index (χ3n) is 5.01. The zero-order valence-corrected chi connectivity index (χ0v) is 20.6. The number of halogens is 5. The zero-order valence-electron chi connectivity index (χ0n) is 18.2. The normalized spacial score (nSPS) is 11.6. The molecule has 4 rings (SSSR count). The first-order chi connectivity index (χ1) is 17.1. The van der Waals surface area contributed by atoms with Crippen LogP contribution in [0.3, 0.4) is 0 Å². The van der Waals surface area contributed by atoms with Crippen LogP contribution in [0.15, 0.2) is 70.5 Å². The molecule has 0 aliphatic rings. The van der Waals surface area contributed by atoms with Gasteiger partial charge in [-0.1, -0.05) is 41.6 Å². The van der Waals surface area contributed by atoms with Gasteiger partial charge in [0.2, 0.25) is 5.91 Å². The van der Waals surface area contributed by atoms with Crippen molar-refractivity contribution >= 4 is 56.5 Å². The van der Waals surface area contributed by atoms with Crippen LogP contribution in [0.4, 0.5) is 23.2 Å². The van der Waals surface area contributed by atoms with Crippen LogP contribution in [-0.2, 0) is 17.5 Å². The van der Waals surface area contributed by atoms with E-state index < -0.39 is 28.5 Å². The topological polar surface area (TPSA) is 64.0 Å². The van der Waals surface area contributed by atoms with E-state index in [0.29, 0.717) is 21.3 Å². The molecule has 0 aliphatic carbocycles. The largest absolute Gasteiger partial charge is 0.417 e. The van der Waals surface area contributed by atoms with E-state index in [-0.39, 0.29) is 28.7 Å². The van der Waals surface area contributed by atoms with Gasteiger partial charge in [0.05, 0.1) is 21.7 Å². The average molecular weight is 554 g/mol. The Morgan fingerprint density at radius 3 is 2.61 bits per heavy atom. The molecular weight excluding hydrogens is 538 g/mol. The van der Waals surface area contributed by atoms with Crippen molar-refractivity contribution in [1.82, 2.24) is 9.55 Å². The Hall–Kier alpha value is -3.15. The van der Waals surface area contributed by atoms with Gasteiger partial charge in [-0.2, -0.15) is 13.2 Å². The minimum Gasteiger partial charge on any atom is -0.325 e. The number of nitrogens with one attached hydrogen (secondary N) is 1. The molecule has 0 atom stereocenters. The van der Waals surface area contributed by atoms with Crippen LogP contribution < -0.4 is 10.9 Å². The molecule has 0 spiro atoms. The number of alkyl halides is 3. The van der Waals surface area contributed by atoms with Crippen LogP contribution in [-0.4, -0.2) is 21.2 Å². The third-order valence-corrected chi connectivity index (χ3v) is 7.19. The quantitative estimate of drug-likeness (QED) is 0.118. The maximum Gasteiger partial charge on any atom is 0.417 e. The molecule has 36 heavy (non-hydrogen) atoms. The van der Waals surface area contributed by atoms with E-state index in [1.807, 2.05) is 0 Å². The number of thioether (sulfide) groups is 1. The summed E-state index contributed by atoms with van der Waals surface area (Å²) in [5.74, 6) is -1.20. The van der Waals surface area contributed by atoms with E-state index >= 15 is 0 Å². The Labute approximate surface area is 215 Å². The SMILES string of the molecule is C=CCn1c(SCC(=O)Nc2ccc(Cl)c(C(F)(F)F)c2)nc2scc(-c3ccc(F)cc3)c2c1=O. The highest BCUT2D eigenvalue weighted by Gasteiger charge is 2.33. The molecule has 4 aromatic rings. The summed E-state index contributed by atoms with van der Waals surface area (Å²) < 4.78 is 53.9. The standard InChI is InChI=1S/C24H16ClF4N3O2S2/c1-2-9-32-22(34)20-16(13-3-5-14(26)6-4-13)11-35-21(20)31-23(32)36-12-19(33)30-15-7-8-18(25)17(10-15)24(27,28)29/h2-8,10-11H,1,9,12H2,(H,30,33). The maximum absolute atomic E-state index is 13.3. The summed E-state index contributed by atoms with van der Waals surface area (Å²) in [6.45, 7) is 3.79. The van der Waals surface area contributed by atoms with Gasteiger partial charge in [-0.25, -0.2) is 9.37 Å². The summed E-state index contributed by atoms with van der Waals surface area (Å²) in [7, 11) is 0. The smallest absolute Gasteiger partial charge is 0.325 e. The second kappa shape index (κ2) is 10.5. The van der Waals surface area contributed by atoms with Gasteiger partial charge in [-0.3, -0.25) is 14.2 Å². The van der Waals surface area contributed by atoms with Crippen molar-refractivity contribution in [1.29, 1.82) is 0 Å². The number of fused-ring (bicyclic) bond motifs is 1. The molecule has 0 bridgehead atoms. The second-order valence-corrected chi connectivity index (χ2v) is 9.67. The van der Waals surface area contributed by atoms with E-state index in [9.17, 15) is 27.2 Å². The van der Waals surface area contributed by atoms with Crippen LogP contribution in [0.5, 0.6) is 0 Å². The minimum atomic E-state index is -4.67. The molecule has 0 unspecified atom stereocenters. The number of hydrogen-bond acceptors (Lipinski definition) is 5. The van der Waals surface area contributed by atoms with E-state index in [1.54, 1.807) is 17.5 Å². The molecule has 2 aromatic heterocycles. The lowest BCUT2D eigenvalue weighted by Gasteiger charge is -2.13.